The molecule has 2 aliphatic heterocycles. The highest BCUT2D eigenvalue weighted by Crippen LogP contribution is 2.34. The first-order chi connectivity index (χ1) is 11.7. The SMILES string of the molecule is CC1=C(C#N)[C@@H](C)C(C#N)=C(C2CCCN(C(=O)OC(C)(C)C)C2)N1. The van der Waals surface area contributed by atoms with Crippen LogP contribution in [0.15, 0.2) is 22.5 Å². The Bertz CT molecular complexity index is 700. The van der Waals surface area contributed by atoms with Gasteiger partial charge in [0.2, 0.25) is 0 Å². The van der Waals surface area contributed by atoms with Gasteiger partial charge in [0.25, 0.3) is 0 Å². The molecule has 6 nitrogen and oxygen atoms in total. The molecular weight excluding hydrogens is 316 g/mol. The molecule has 2 aliphatic rings. The molecule has 1 fully saturated rings. The van der Waals surface area contributed by atoms with Gasteiger partial charge in [0.15, 0.2) is 0 Å². The van der Waals surface area contributed by atoms with Crippen molar-refractivity contribution < 1.29 is 9.53 Å². The van der Waals surface area contributed by atoms with Crippen molar-refractivity contribution in [2.75, 3.05) is 13.1 Å². The van der Waals surface area contributed by atoms with Crippen LogP contribution in [0.3, 0.4) is 0 Å². The van der Waals surface area contributed by atoms with Crippen molar-refractivity contribution in [1.82, 2.24) is 10.2 Å². The van der Waals surface area contributed by atoms with E-state index in [-0.39, 0.29) is 17.9 Å². The lowest BCUT2D eigenvalue weighted by Gasteiger charge is -2.37. The second-order valence-electron chi connectivity index (χ2n) is 7.70. The molecule has 0 radical (unpaired) electrons. The quantitative estimate of drug-likeness (QED) is 0.788. The summed E-state index contributed by atoms with van der Waals surface area (Å²) in [5, 5.41) is 22.2. The number of rotatable bonds is 1. The van der Waals surface area contributed by atoms with Crippen LogP contribution in [0.4, 0.5) is 4.79 Å². The summed E-state index contributed by atoms with van der Waals surface area (Å²) in [6.07, 6.45) is 1.44. The van der Waals surface area contributed by atoms with Gasteiger partial charge in [0.1, 0.15) is 5.60 Å². The molecule has 0 spiro atoms. The van der Waals surface area contributed by atoms with Crippen LogP contribution in [0, 0.1) is 34.5 Å². The average Bonchev–Trinajstić information content (AvgIpc) is 2.53. The van der Waals surface area contributed by atoms with Crippen molar-refractivity contribution >= 4 is 6.09 Å². The van der Waals surface area contributed by atoms with E-state index >= 15 is 0 Å². The lowest BCUT2D eigenvalue weighted by Crippen LogP contribution is -2.45. The number of nitrogens with zero attached hydrogens (tertiary/aromatic N) is 3. The zero-order valence-electron chi connectivity index (χ0n) is 15.6. The van der Waals surface area contributed by atoms with E-state index in [9.17, 15) is 15.3 Å². The molecule has 134 valence electrons. The minimum atomic E-state index is -0.528. The Morgan fingerprint density at radius 2 is 1.92 bits per heavy atom. The second-order valence-corrected chi connectivity index (χ2v) is 7.70. The number of ether oxygens (including phenoxy) is 1. The van der Waals surface area contributed by atoms with Crippen LogP contribution in [-0.4, -0.2) is 29.7 Å². The fraction of sp³-hybridized carbons (Fsp3) is 0.632. The summed E-state index contributed by atoms with van der Waals surface area (Å²) in [4.78, 5) is 14.1. The summed E-state index contributed by atoms with van der Waals surface area (Å²) in [5.41, 5.74) is 2.30. The van der Waals surface area contributed by atoms with E-state index in [2.05, 4.69) is 17.5 Å². The molecule has 0 saturated carbocycles. The van der Waals surface area contributed by atoms with E-state index in [1.807, 2.05) is 34.6 Å². The largest absolute Gasteiger partial charge is 0.444 e. The first kappa shape index (κ1) is 18.9. The lowest BCUT2D eigenvalue weighted by atomic mass is 9.82. The normalized spacial score (nSPS) is 24.4. The Labute approximate surface area is 149 Å². The van der Waals surface area contributed by atoms with Crippen molar-refractivity contribution in [3.05, 3.63) is 22.5 Å². The molecule has 2 atom stereocenters. The molecule has 6 heteroatoms. The minimum absolute atomic E-state index is 0.0496. The third kappa shape index (κ3) is 4.14. The number of piperidine rings is 1. The third-order valence-corrected chi connectivity index (χ3v) is 4.60. The van der Waals surface area contributed by atoms with Crippen molar-refractivity contribution in [1.29, 1.82) is 10.5 Å². The van der Waals surface area contributed by atoms with Crippen molar-refractivity contribution in [3.8, 4) is 12.1 Å². The number of nitriles is 2. The Kier molecular flexibility index (Phi) is 5.42. The number of hydrogen-bond acceptors (Lipinski definition) is 5. The highest BCUT2D eigenvalue weighted by atomic mass is 16.6. The lowest BCUT2D eigenvalue weighted by molar-refractivity contribution is 0.0180. The number of dihydropyridines is 1. The number of nitrogens with one attached hydrogen (secondary N) is 1. The fourth-order valence-corrected chi connectivity index (χ4v) is 3.40. The molecule has 1 N–H and O–H groups in total. The molecule has 2 heterocycles. The predicted octanol–water partition coefficient (Wildman–Crippen LogP) is 3.45. The number of likely N-dealkylation sites (tertiary alicyclic amines) is 1. The summed E-state index contributed by atoms with van der Waals surface area (Å²) in [5.74, 6) is -0.170. The Hall–Kier alpha value is -2.47. The van der Waals surface area contributed by atoms with Gasteiger partial charge in [-0.25, -0.2) is 4.79 Å². The van der Waals surface area contributed by atoms with Crippen LogP contribution in [0.25, 0.3) is 0 Å². The number of hydrogen-bond donors (Lipinski definition) is 1. The molecule has 0 aromatic heterocycles. The fourth-order valence-electron chi connectivity index (χ4n) is 3.40. The maximum Gasteiger partial charge on any atom is 0.410 e. The zero-order valence-corrected chi connectivity index (χ0v) is 15.6. The van der Waals surface area contributed by atoms with Crippen LogP contribution < -0.4 is 5.32 Å². The van der Waals surface area contributed by atoms with Gasteiger partial charge >= 0.3 is 6.09 Å². The Morgan fingerprint density at radius 3 is 2.48 bits per heavy atom. The molecule has 1 amide bonds. The maximum absolute atomic E-state index is 12.4. The van der Waals surface area contributed by atoms with Crippen LogP contribution in [0.2, 0.25) is 0 Å². The number of carbonyl (C=O) groups excluding carboxylic acids is 1. The first-order valence-electron chi connectivity index (χ1n) is 8.68. The highest BCUT2D eigenvalue weighted by Gasteiger charge is 2.34. The molecule has 1 saturated heterocycles. The molecule has 0 aliphatic carbocycles. The van der Waals surface area contributed by atoms with Crippen LogP contribution >= 0.6 is 0 Å². The van der Waals surface area contributed by atoms with Crippen LogP contribution in [0.1, 0.15) is 47.5 Å². The molecular formula is C19H26N4O2. The third-order valence-electron chi connectivity index (χ3n) is 4.60. The highest BCUT2D eigenvalue weighted by molar-refractivity contribution is 5.68. The van der Waals surface area contributed by atoms with Gasteiger partial charge in [-0.15, -0.1) is 0 Å². The summed E-state index contributed by atoms with van der Waals surface area (Å²) in [6.45, 7) is 10.5. The van der Waals surface area contributed by atoms with E-state index in [0.717, 1.165) is 24.2 Å². The van der Waals surface area contributed by atoms with Gasteiger partial charge in [-0.05, 0) is 40.5 Å². The van der Waals surface area contributed by atoms with E-state index < -0.39 is 5.60 Å². The maximum atomic E-state index is 12.4. The van der Waals surface area contributed by atoms with Gasteiger partial charge in [0.05, 0.1) is 23.3 Å². The number of amides is 1. The topological polar surface area (TPSA) is 89.2 Å². The molecule has 2 rings (SSSR count). The Morgan fingerprint density at radius 1 is 1.28 bits per heavy atom. The summed E-state index contributed by atoms with van der Waals surface area (Å²) >= 11 is 0. The summed E-state index contributed by atoms with van der Waals surface area (Å²) in [6, 6.07) is 4.46. The monoisotopic (exact) mass is 342 g/mol. The van der Waals surface area contributed by atoms with Gasteiger partial charge in [0, 0.05) is 36.3 Å². The Balaban J connectivity index is 2.22. The van der Waals surface area contributed by atoms with Gasteiger partial charge in [-0.1, -0.05) is 6.92 Å². The molecule has 0 aromatic rings. The predicted molar refractivity (Wildman–Crippen MR) is 93.8 cm³/mol. The van der Waals surface area contributed by atoms with Crippen molar-refractivity contribution in [3.63, 3.8) is 0 Å². The summed E-state index contributed by atoms with van der Waals surface area (Å²) in [7, 11) is 0. The average molecular weight is 342 g/mol. The van der Waals surface area contributed by atoms with E-state index in [4.69, 9.17) is 4.74 Å². The van der Waals surface area contributed by atoms with E-state index in [0.29, 0.717) is 24.2 Å². The number of carbonyl (C=O) groups is 1. The number of allylic oxidation sites excluding steroid dienone is 3. The van der Waals surface area contributed by atoms with Gasteiger partial charge < -0.3 is 15.0 Å². The van der Waals surface area contributed by atoms with E-state index in [1.165, 1.54) is 0 Å². The molecule has 25 heavy (non-hydrogen) atoms. The van der Waals surface area contributed by atoms with Crippen molar-refractivity contribution in [2.45, 2.75) is 53.1 Å². The van der Waals surface area contributed by atoms with Crippen LogP contribution in [0.5, 0.6) is 0 Å². The molecule has 0 aromatic carbocycles. The van der Waals surface area contributed by atoms with Gasteiger partial charge in [-0.2, -0.15) is 10.5 Å². The van der Waals surface area contributed by atoms with Crippen LogP contribution in [-0.2, 0) is 4.74 Å². The second kappa shape index (κ2) is 7.19. The molecule has 1 unspecified atom stereocenters. The molecule has 0 bridgehead atoms. The minimum Gasteiger partial charge on any atom is -0.444 e. The van der Waals surface area contributed by atoms with Gasteiger partial charge in [-0.3, -0.25) is 0 Å². The smallest absolute Gasteiger partial charge is 0.410 e. The standard InChI is InChI=1S/C19H26N4O2/c1-12-15(9-20)13(2)22-17(16(12)10-21)14-7-6-8-23(11-14)18(24)25-19(3,4)5/h12,14,22H,6-8,11H2,1-5H3/t12-,14?/m1/s1. The summed E-state index contributed by atoms with van der Waals surface area (Å²) < 4.78 is 5.48. The van der Waals surface area contributed by atoms with E-state index in [1.54, 1.807) is 4.90 Å². The first-order valence-corrected chi connectivity index (χ1v) is 8.68. The van der Waals surface area contributed by atoms with Crippen molar-refractivity contribution in [2.24, 2.45) is 11.8 Å². The zero-order chi connectivity index (χ0) is 18.8.